The van der Waals surface area contributed by atoms with Crippen molar-refractivity contribution in [2.24, 2.45) is 0 Å². The van der Waals surface area contributed by atoms with E-state index in [1.807, 2.05) is 0 Å². The molecule has 13 heteroatoms. The van der Waals surface area contributed by atoms with Crippen molar-refractivity contribution in [3.8, 4) is 0 Å². The zero-order valence-corrected chi connectivity index (χ0v) is 26.0. The predicted molar refractivity (Wildman–Crippen MR) is 160 cm³/mol. The van der Waals surface area contributed by atoms with Crippen LogP contribution in [0.15, 0.2) is 17.1 Å². The summed E-state index contributed by atoms with van der Waals surface area (Å²) in [7, 11) is -4.99. The lowest BCUT2D eigenvalue weighted by atomic mass is 10.0. The van der Waals surface area contributed by atoms with Gasteiger partial charge in [-0.2, -0.15) is 4.98 Å². The van der Waals surface area contributed by atoms with Crippen molar-refractivity contribution >= 4 is 19.5 Å². The van der Waals surface area contributed by atoms with E-state index in [0.29, 0.717) is 6.42 Å². The number of phosphoric acid groups is 1. The molecule has 0 aromatic carbocycles. The molecule has 1 aliphatic heterocycles. The van der Waals surface area contributed by atoms with Gasteiger partial charge >= 0.3 is 13.5 Å². The second-order valence-electron chi connectivity index (χ2n) is 11.3. The van der Waals surface area contributed by atoms with Gasteiger partial charge in [0.15, 0.2) is 6.23 Å². The second-order valence-corrected chi connectivity index (χ2v) is 12.4. The lowest BCUT2D eigenvalue weighted by Gasteiger charge is -2.20. The van der Waals surface area contributed by atoms with E-state index in [2.05, 4.69) is 21.7 Å². The Bertz CT molecular complexity index is 1000. The molecule has 242 valence electrons. The van der Waals surface area contributed by atoms with E-state index < -0.39 is 44.7 Å². The highest BCUT2D eigenvalue weighted by molar-refractivity contribution is 7.46. The third-order valence-electron chi connectivity index (χ3n) is 7.63. The number of carbonyl (C=O) groups excluding carboxylic acids is 1. The summed E-state index contributed by atoms with van der Waals surface area (Å²) in [5.74, 6) is -0.212. The first-order valence-electron chi connectivity index (χ1n) is 15.7. The Kier molecular flexibility index (Phi) is 17.7. The van der Waals surface area contributed by atoms with Crippen molar-refractivity contribution in [1.29, 1.82) is 0 Å². The number of rotatable bonds is 23. The van der Waals surface area contributed by atoms with E-state index in [0.717, 1.165) is 23.8 Å². The predicted octanol–water partition coefficient (Wildman–Crippen LogP) is 4.95. The molecule has 2 heterocycles. The Balaban J connectivity index is 1.56. The van der Waals surface area contributed by atoms with Crippen molar-refractivity contribution in [1.82, 2.24) is 9.55 Å². The van der Waals surface area contributed by atoms with Gasteiger partial charge in [-0.15, -0.1) is 0 Å². The maximum atomic E-state index is 12.5. The molecule has 1 aliphatic rings. The molecule has 4 atom stereocenters. The van der Waals surface area contributed by atoms with Crippen LogP contribution in [0.1, 0.15) is 129 Å². The summed E-state index contributed by atoms with van der Waals surface area (Å²) in [4.78, 5) is 46.7. The van der Waals surface area contributed by atoms with Crippen LogP contribution in [0.4, 0.5) is 5.82 Å². The van der Waals surface area contributed by atoms with E-state index >= 15 is 0 Å². The van der Waals surface area contributed by atoms with Crippen LogP contribution >= 0.6 is 7.82 Å². The number of hydrogen-bond donors (Lipinski definition) is 5. The highest BCUT2D eigenvalue weighted by atomic mass is 31.2. The van der Waals surface area contributed by atoms with Crippen LogP contribution in [0.25, 0.3) is 0 Å². The molecule has 5 N–H and O–H groups in total. The average molecular weight is 618 g/mol. The zero-order valence-electron chi connectivity index (χ0n) is 25.1. The molecular weight excluding hydrogens is 565 g/mol. The van der Waals surface area contributed by atoms with Crippen LogP contribution in [-0.2, 0) is 18.6 Å². The third-order valence-corrected chi connectivity index (χ3v) is 8.15. The summed E-state index contributed by atoms with van der Waals surface area (Å²) in [6, 6.07) is 1.36. The van der Waals surface area contributed by atoms with Gasteiger partial charge < -0.3 is 30.1 Å². The molecule has 1 amide bonds. The Hall–Kier alpha value is -1.66. The van der Waals surface area contributed by atoms with Crippen molar-refractivity contribution in [2.75, 3.05) is 11.9 Å². The smallest absolute Gasteiger partial charge is 0.394 e. The maximum absolute atomic E-state index is 12.5. The number of ether oxygens (including phenoxy) is 1. The molecule has 1 saturated heterocycles. The van der Waals surface area contributed by atoms with Crippen LogP contribution in [-0.4, -0.2) is 60.4 Å². The number of anilines is 1. The summed E-state index contributed by atoms with van der Waals surface area (Å²) in [5.41, 5.74) is -0.858. The van der Waals surface area contributed by atoms with Crippen molar-refractivity contribution in [2.45, 2.75) is 147 Å². The number of aromatic nitrogens is 2. The highest BCUT2D eigenvalue weighted by Crippen LogP contribution is 2.43. The molecule has 1 fully saturated rings. The summed E-state index contributed by atoms with van der Waals surface area (Å²) >= 11 is 0. The lowest BCUT2D eigenvalue weighted by molar-refractivity contribution is -0.116. The number of unbranched alkanes of at least 4 members (excludes halogenated alkanes) is 16. The molecule has 0 spiro atoms. The molecule has 0 radical (unpaired) electrons. The maximum Gasteiger partial charge on any atom is 0.470 e. The van der Waals surface area contributed by atoms with E-state index in [4.69, 9.17) is 14.5 Å². The number of aliphatic hydroxyl groups excluding tert-OH is 2. The average Bonchev–Trinajstić information content (AvgIpc) is 3.23. The molecule has 12 nitrogen and oxygen atoms in total. The topological polar surface area (TPSA) is 180 Å². The molecule has 0 unspecified atom stereocenters. The van der Waals surface area contributed by atoms with Gasteiger partial charge in [0.25, 0.3) is 0 Å². The fraction of sp³-hybridized carbons (Fsp3) is 0.828. The minimum Gasteiger partial charge on any atom is -0.394 e. The van der Waals surface area contributed by atoms with Gasteiger partial charge in [-0.3, -0.25) is 13.9 Å². The normalized spacial score (nSPS) is 20.7. The van der Waals surface area contributed by atoms with Gasteiger partial charge in [0.1, 0.15) is 24.1 Å². The Morgan fingerprint density at radius 2 is 1.45 bits per heavy atom. The van der Waals surface area contributed by atoms with Crippen LogP contribution in [0.5, 0.6) is 0 Å². The van der Waals surface area contributed by atoms with Crippen molar-refractivity contribution < 1.29 is 38.6 Å². The third kappa shape index (κ3) is 14.2. The van der Waals surface area contributed by atoms with E-state index in [9.17, 15) is 24.4 Å². The van der Waals surface area contributed by atoms with Crippen LogP contribution < -0.4 is 11.0 Å². The van der Waals surface area contributed by atoms with E-state index in [-0.39, 0.29) is 11.7 Å². The van der Waals surface area contributed by atoms with E-state index in [1.54, 1.807) is 0 Å². The minimum absolute atomic E-state index is 0.0439. The summed E-state index contributed by atoms with van der Waals surface area (Å²) in [6.45, 7) is 1.55. The number of phosphoric ester groups is 1. The van der Waals surface area contributed by atoms with Gasteiger partial charge in [0, 0.05) is 12.6 Å². The van der Waals surface area contributed by atoms with Gasteiger partial charge in [0.2, 0.25) is 5.91 Å². The summed E-state index contributed by atoms with van der Waals surface area (Å²) in [6.07, 6.45) is 17.1. The van der Waals surface area contributed by atoms with Gasteiger partial charge in [-0.1, -0.05) is 110 Å². The largest absolute Gasteiger partial charge is 0.470 e. The number of hydrogen-bond acceptors (Lipinski definition) is 8. The van der Waals surface area contributed by atoms with Gasteiger partial charge in [0.05, 0.1) is 6.61 Å². The lowest BCUT2D eigenvalue weighted by Crippen LogP contribution is -2.37. The van der Waals surface area contributed by atoms with Crippen LogP contribution in [0.2, 0.25) is 0 Å². The number of nitrogens with one attached hydrogen (secondary N) is 1. The second kappa shape index (κ2) is 20.3. The number of amides is 1. The molecule has 1 aromatic heterocycles. The number of aliphatic hydroxyl groups is 2. The van der Waals surface area contributed by atoms with Gasteiger partial charge in [-0.05, 0) is 12.5 Å². The SMILES string of the molecule is CCCCCCCCCCCCCCCCCCCC(=O)Nc1ccn([C@@H]2O[C@H](CO)[C@@H](OP(=O)(O)O)[C@H]2O)c(=O)n1. The first-order valence-corrected chi connectivity index (χ1v) is 17.3. The molecule has 1 aromatic rings. The first kappa shape index (κ1) is 36.5. The Morgan fingerprint density at radius 1 is 0.952 bits per heavy atom. The quantitative estimate of drug-likeness (QED) is 0.0832. The number of carbonyl (C=O) groups is 1. The summed E-state index contributed by atoms with van der Waals surface area (Å²) in [5, 5.41) is 22.4. The van der Waals surface area contributed by atoms with Crippen molar-refractivity contribution in [3.63, 3.8) is 0 Å². The highest BCUT2D eigenvalue weighted by Gasteiger charge is 2.48. The van der Waals surface area contributed by atoms with Crippen molar-refractivity contribution in [3.05, 3.63) is 22.7 Å². The summed E-state index contributed by atoms with van der Waals surface area (Å²) < 4.78 is 22.0. The molecule has 42 heavy (non-hydrogen) atoms. The number of nitrogens with zero attached hydrogens (tertiary/aromatic N) is 2. The molecule has 0 saturated carbocycles. The Morgan fingerprint density at radius 3 is 1.90 bits per heavy atom. The Labute approximate surface area is 249 Å². The van der Waals surface area contributed by atoms with E-state index in [1.165, 1.54) is 102 Å². The first-order chi connectivity index (χ1) is 20.2. The molecule has 2 rings (SSSR count). The molecule has 0 bridgehead atoms. The van der Waals surface area contributed by atoms with Crippen LogP contribution in [0, 0.1) is 0 Å². The molecular formula is C29H52N3O9P. The monoisotopic (exact) mass is 617 g/mol. The fourth-order valence-electron chi connectivity index (χ4n) is 5.28. The minimum atomic E-state index is -4.99. The molecule has 0 aliphatic carbocycles. The zero-order chi connectivity index (χ0) is 30.8. The standard InChI is InChI=1S/C29H52N3O9P/c1-2-3-4-5-6-7-8-9-10-11-12-13-14-15-16-17-18-19-25(34)30-24-20-21-32(29(36)31-24)28-26(35)27(23(22-33)40-28)41-42(37,38)39/h20-21,23,26-28,33,35H,2-19,22H2,1H3,(H2,37,38,39)(H,30,31,34,36)/t23-,26-,27-,28-/m1/s1. The fourth-order valence-corrected chi connectivity index (χ4v) is 5.85. The van der Waals surface area contributed by atoms with Crippen LogP contribution in [0.3, 0.4) is 0 Å². The van der Waals surface area contributed by atoms with Gasteiger partial charge in [-0.25, -0.2) is 9.36 Å².